The van der Waals surface area contributed by atoms with Gasteiger partial charge in [0, 0.05) is 37.1 Å². The van der Waals surface area contributed by atoms with Gasteiger partial charge in [-0.05, 0) is 65.1 Å². The fraction of sp³-hybridized carbons (Fsp3) is 0.161. The van der Waals surface area contributed by atoms with E-state index in [4.69, 9.17) is 4.98 Å². The van der Waals surface area contributed by atoms with E-state index in [0.29, 0.717) is 12.3 Å². The van der Waals surface area contributed by atoms with Crippen molar-refractivity contribution >= 4 is 28.4 Å². The predicted molar refractivity (Wildman–Crippen MR) is 148 cm³/mol. The minimum atomic E-state index is -0.0273. The summed E-state index contributed by atoms with van der Waals surface area (Å²) in [6, 6.07) is 28.1. The van der Waals surface area contributed by atoms with Crippen molar-refractivity contribution in [1.29, 1.82) is 0 Å². The summed E-state index contributed by atoms with van der Waals surface area (Å²) in [6.07, 6.45) is 7.05. The second kappa shape index (κ2) is 10.2. The lowest BCUT2D eigenvalue weighted by Crippen LogP contribution is -2.20. The van der Waals surface area contributed by atoms with Crippen molar-refractivity contribution in [1.82, 2.24) is 15.0 Å². The van der Waals surface area contributed by atoms with E-state index in [1.807, 2.05) is 79.3 Å². The smallest absolute Gasteiger partial charge is 0.228 e. The van der Waals surface area contributed by atoms with Crippen molar-refractivity contribution in [2.24, 2.45) is 0 Å². The van der Waals surface area contributed by atoms with Crippen LogP contribution in [0, 0.1) is 0 Å². The van der Waals surface area contributed by atoms with Gasteiger partial charge in [-0.25, -0.2) is 4.98 Å². The first kappa shape index (κ1) is 22.9. The summed E-state index contributed by atoms with van der Waals surface area (Å²) in [5.74, 6) is 1.37. The Morgan fingerprint density at radius 3 is 2.49 bits per heavy atom. The topological polar surface area (TPSA) is 71.0 Å². The summed E-state index contributed by atoms with van der Waals surface area (Å²) in [5, 5.41) is 2.98. The normalized spacial score (nSPS) is 15.1. The van der Waals surface area contributed by atoms with Crippen molar-refractivity contribution in [2.75, 3.05) is 23.3 Å². The van der Waals surface area contributed by atoms with Gasteiger partial charge in [-0.1, -0.05) is 48.5 Å². The molecule has 1 unspecified atom stereocenters. The quantitative estimate of drug-likeness (QED) is 0.326. The van der Waals surface area contributed by atoms with E-state index in [-0.39, 0.29) is 5.91 Å². The molecule has 1 aliphatic heterocycles. The SMILES string of the molecule is O=C(Cc1ccccc1)Nc1ccc(-c2ccc3ncc(N4CCC(c5ccncc5)C4)nc3c2)cc1. The number of anilines is 2. The van der Waals surface area contributed by atoms with Gasteiger partial charge in [0.15, 0.2) is 0 Å². The maximum atomic E-state index is 12.4. The molecular weight excluding hydrogens is 458 g/mol. The number of nitrogens with one attached hydrogen (secondary N) is 1. The molecule has 2 aromatic heterocycles. The van der Waals surface area contributed by atoms with E-state index in [1.165, 1.54) is 5.56 Å². The fourth-order valence-electron chi connectivity index (χ4n) is 4.94. The Balaban J connectivity index is 1.16. The van der Waals surface area contributed by atoms with Crippen LogP contribution in [0.25, 0.3) is 22.2 Å². The highest BCUT2D eigenvalue weighted by atomic mass is 16.1. The molecule has 0 saturated carbocycles. The van der Waals surface area contributed by atoms with Crippen LogP contribution in [-0.2, 0) is 11.2 Å². The van der Waals surface area contributed by atoms with Crippen LogP contribution >= 0.6 is 0 Å². The zero-order chi connectivity index (χ0) is 25.0. The van der Waals surface area contributed by atoms with Gasteiger partial charge in [-0.2, -0.15) is 0 Å². The molecule has 3 heterocycles. The molecule has 1 fully saturated rings. The van der Waals surface area contributed by atoms with Crippen LogP contribution < -0.4 is 10.2 Å². The van der Waals surface area contributed by atoms with Gasteiger partial charge in [0.25, 0.3) is 0 Å². The average Bonchev–Trinajstić information content (AvgIpc) is 3.44. The van der Waals surface area contributed by atoms with Gasteiger partial charge in [-0.3, -0.25) is 14.8 Å². The number of hydrogen-bond acceptors (Lipinski definition) is 5. The monoisotopic (exact) mass is 485 g/mol. The maximum Gasteiger partial charge on any atom is 0.228 e. The molecule has 6 nitrogen and oxygen atoms in total. The van der Waals surface area contributed by atoms with E-state index in [9.17, 15) is 4.79 Å². The number of fused-ring (bicyclic) bond motifs is 1. The van der Waals surface area contributed by atoms with E-state index in [2.05, 4.69) is 44.5 Å². The Morgan fingerprint density at radius 2 is 1.68 bits per heavy atom. The molecule has 1 amide bonds. The second-order valence-electron chi connectivity index (χ2n) is 9.43. The summed E-state index contributed by atoms with van der Waals surface area (Å²) >= 11 is 0. The molecule has 0 aliphatic carbocycles. The highest BCUT2D eigenvalue weighted by molar-refractivity contribution is 5.92. The predicted octanol–water partition coefficient (Wildman–Crippen LogP) is 5.87. The Kier molecular flexibility index (Phi) is 6.29. The number of rotatable bonds is 6. The number of amides is 1. The van der Waals surface area contributed by atoms with Gasteiger partial charge < -0.3 is 10.2 Å². The molecular formula is C31H27N5O. The molecule has 37 heavy (non-hydrogen) atoms. The summed E-state index contributed by atoms with van der Waals surface area (Å²) in [7, 11) is 0. The highest BCUT2D eigenvalue weighted by Crippen LogP contribution is 2.31. The lowest BCUT2D eigenvalue weighted by Gasteiger charge is -2.18. The molecule has 0 spiro atoms. The first-order chi connectivity index (χ1) is 18.2. The van der Waals surface area contributed by atoms with Gasteiger partial charge in [0.2, 0.25) is 5.91 Å². The van der Waals surface area contributed by atoms with Crippen LogP contribution in [0.5, 0.6) is 0 Å². The Hall–Kier alpha value is -4.58. The Labute approximate surface area is 216 Å². The number of nitrogens with zero attached hydrogens (tertiary/aromatic N) is 4. The zero-order valence-corrected chi connectivity index (χ0v) is 20.4. The van der Waals surface area contributed by atoms with Gasteiger partial charge in [0.1, 0.15) is 5.82 Å². The van der Waals surface area contributed by atoms with E-state index in [0.717, 1.165) is 58.7 Å². The van der Waals surface area contributed by atoms with Crippen molar-refractivity contribution in [3.8, 4) is 11.1 Å². The van der Waals surface area contributed by atoms with Gasteiger partial charge >= 0.3 is 0 Å². The van der Waals surface area contributed by atoms with Gasteiger partial charge in [0.05, 0.1) is 23.7 Å². The molecule has 1 saturated heterocycles. The largest absolute Gasteiger partial charge is 0.355 e. The lowest BCUT2D eigenvalue weighted by molar-refractivity contribution is -0.115. The Bertz CT molecular complexity index is 1520. The van der Waals surface area contributed by atoms with E-state index >= 15 is 0 Å². The van der Waals surface area contributed by atoms with Crippen LogP contribution in [0.4, 0.5) is 11.5 Å². The summed E-state index contributed by atoms with van der Waals surface area (Å²) in [5.41, 5.74) is 6.99. The molecule has 5 aromatic rings. The second-order valence-corrected chi connectivity index (χ2v) is 9.43. The highest BCUT2D eigenvalue weighted by Gasteiger charge is 2.25. The molecule has 1 aliphatic rings. The minimum absolute atomic E-state index is 0.0273. The van der Waals surface area contributed by atoms with Crippen LogP contribution in [-0.4, -0.2) is 33.9 Å². The summed E-state index contributed by atoms with van der Waals surface area (Å²) < 4.78 is 0. The molecule has 0 bridgehead atoms. The summed E-state index contributed by atoms with van der Waals surface area (Å²) in [6.45, 7) is 1.89. The molecule has 182 valence electrons. The molecule has 0 radical (unpaired) electrons. The van der Waals surface area contributed by atoms with Crippen molar-refractivity contribution in [3.63, 3.8) is 0 Å². The number of carbonyl (C=O) groups excluding carboxylic acids is 1. The molecule has 3 aromatic carbocycles. The van der Waals surface area contributed by atoms with Crippen molar-refractivity contribution < 1.29 is 4.79 Å². The number of pyridine rings is 1. The van der Waals surface area contributed by atoms with Crippen LogP contribution in [0.15, 0.2) is 104 Å². The first-order valence-electron chi connectivity index (χ1n) is 12.6. The Morgan fingerprint density at radius 1 is 0.892 bits per heavy atom. The minimum Gasteiger partial charge on any atom is -0.355 e. The molecule has 6 heteroatoms. The number of carbonyl (C=O) groups is 1. The first-order valence-corrected chi connectivity index (χ1v) is 12.6. The molecule has 6 rings (SSSR count). The van der Waals surface area contributed by atoms with Crippen molar-refractivity contribution in [3.05, 3.63) is 115 Å². The zero-order valence-electron chi connectivity index (χ0n) is 20.4. The van der Waals surface area contributed by atoms with E-state index < -0.39 is 0 Å². The van der Waals surface area contributed by atoms with Crippen LogP contribution in [0.3, 0.4) is 0 Å². The standard InChI is InChI=1S/C31H27N5O/c37-31(18-22-4-2-1-3-5-22)34-27-9-6-23(7-10-27)25-8-11-28-29(19-25)35-30(20-33-28)36-17-14-26(21-36)24-12-15-32-16-13-24/h1-13,15-16,19-20,26H,14,17-18,21H2,(H,34,37). The van der Waals surface area contributed by atoms with Gasteiger partial charge in [-0.15, -0.1) is 0 Å². The maximum absolute atomic E-state index is 12.4. The van der Waals surface area contributed by atoms with Crippen molar-refractivity contribution in [2.45, 2.75) is 18.8 Å². The third-order valence-corrected chi connectivity index (χ3v) is 6.93. The van der Waals surface area contributed by atoms with Crippen LogP contribution in [0.1, 0.15) is 23.5 Å². The lowest BCUT2D eigenvalue weighted by atomic mass is 10.00. The molecule has 1 N–H and O–H groups in total. The number of benzene rings is 3. The number of aromatic nitrogens is 3. The summed E-state index contributed by atoms with van der Waals surface area (Å²) in [4.78, 5) is 28.5. The average molecular weight is 486 g/mol. The third-order valence-electron chi connectivity index (χ3n) is 6.93. The third kappa shape index (κ3) is 5.19. The molecule has 1 atom stereocenters. The fourth-order valence-corrected chi connectivity index (χ4v) is 4.94. The number of hydrogen-bond donors (Lipinski definition) is 1. The van der Waals surface area contributed by atoms with Crippen LogP contribution in [0.2, 0.25) is 0 Å². The van der Waals surface area contributed by atoms with E-state index in [1.54, 1.807) is 0 Å².